The van der Waals surface area contributed by atoms with Crippen LogP contribution in [-0.4, -0.2) is 18.0 Å². The number of anilines is 1. The second-order valence-corrected chi connectivity index (χ2v) is 6.61. The highest BCUT2D eigenvalue weighted by atomic mass is 79.9. The monoisotopic (exact) mass is 338 g/mol. The SMILES string of the molecule is CCCC1(C(=O)Nc2c(C)cc(C)cc2Br)CCCN1. The van der Waals surface area contributed by atoms with Crippen LogP contribution in [0.5, 0.6) is 0 Å². The molecule has 2 rings (SSSR count). The van der Waals surface area contributed by atoms with Gasteiger partial charge in [-0.1, -0.05) is 19.4 Å². The smallest absolute Gasteiger partial charge is 0.244 e. The fourth-order valence-electron chi connectivity index (χ4n) is 3.06. The molecule has 1 aliphatic heterocycles. The van der Waals surface area contributed by atoms with Crippen molar-refractivity contribution in [2.75, 3.05) is 11.9 Å². The maximum Gasteiger partial charge on any atom is 0.244 e. The van der Waals surface area contributed by atoms with E-state index in [1.807, 2.05) is 13.0 Å². The van der Waals surface area contributed by atoms with Gasteiger partial charge in [-0.05, 0) is 72.8 Å². The minimum Gasteiger partial charge on any atom is -0.323 e. The van der Waals surface area contributed by atoms with Gasteiger partial charge in [0.05, 0.1) is 11.2 Å². The summed E-state index contributed by atoms with van der Waals surface area (Å²) in [5.74, 6) is 0.101. The van der Waals surface area contributed by atoms with Gasteiger partial charge in [0.1, 0.15) is 0 Å². The van der Waals surface area contributed by atoms with E-state index < -0.39 is 0 Å². The average molecular weight is 339 g/mol. The summed E-state index contributed by atoms with van der Waals surface area (Å²) >= 11 is 3.56. The van der Waals surface area contributed by atoms with Crippen LogP contribution in [0.25, 0.3) is 0 Å². The largest absolute Gasteiger partial charge is 0.323 e. The molecule has 1 atom stereocenters. The van der Waals surface area contributed by atoms with Crippen molar-refractivity contribution in [2.24, 2.45) is 0 Å². The van der Waals surface area contributed by atoms with E-state index in [2.05, 4.69) is 46.5 Å². The van der Waals surface area contributed by atoms with Gasteiger partial charge in [0, 0.05) is 4.47 Å². The summed E-state index contributed by atoms with van der Waals surface area (Å²) in [4.78, 5) is 12.7. The molecule has 0 aliphatic carbocycles. The van der Waals surface area contributed by atoms with E-state index in [0.717, 1.165) is 48.0 Å². The highest BCUT2D eigenvalue weighted by Crippen LogP contribution is 2.31. The van der Waals surface area contributed by atoms with Crippen LogP contribution in [0.4, 0.5) is 5.69 Å². The highest BCUT2D eigenvalue weighted by Gasteiger charge is 2.40. The Labute approximate surface area is 129 Å². The molecule has 0 spiro atoms. The molecule has 0 saturated carbocycles. The first-order valence-electron chi connectivity index (χ1n) is 7.32. The molecule has 3 nitrogen and oxygen atoms in total. The second-order valence-electron chi connectivity index (χ2n) is 5.76. The maximum absolute atomic E-state index is 12.7. The molecule has 0 aromatic heterocycles. The number of halogens is 1. The van der Waals surface area contributed by atoms with E-state index in [1.54, 1.807) is 0 Å². The van der Waals surface area contributed by atoms with Crippen LogP contribution in [0.3, 0.4) is 0 Å². The number of carbonyl (C=O) groups is 1. The number of hydrogen-bond donors (Lipinski definition) is 2. The van der Waals surface area contributed by atoms with E-state index >= 15 is 0 Å². The minimum atomic E-state index is -0.383. The zero-order valence-corrected chi connectivity index (χ0v) is 14.1. The third-order valence-electron chi connectivity index (χ3n) is 4.03. The Morgan fingerprint density at radius 3 is 2.75 bits per heavy atom. The molecular formula is C16H23BrN2O. The van der Waals surface area contributed by atoms with E-state index in [-0.39, 0.29) is 11.4 Å². The molecule has 1 aromatic carbocycles. The second kappa shape index (κ2) is 6.27. The van der Waals surface area contributed by atoms with Crippen LogP contribution in [0.15, 0.2) is 16.6 Å². The van der Waals surface area contributed by atoms with Crippen molar-refractivity contribution in [3.05, 3.63) is 27.7 Å². The van der Waals surface area contributed by atoms with E-state index in [0.29, 0.717) is 0 Å². The van der Waals surface area contributed by atoms with Crippen LogP contribution < -0.4 is 10.6 Å². The molecular weight excluding hydrogens is 316 g/mol. The first-order chi connectivity index (χ1) is 9.48. The van der Waals surface area contributed by atoms with Gasteiger partial charge in [-0.15, -0.1) is 0 Å². The van der Waals surface area contributed by atoms with Gasteiger partial charge >= 0.3 is 0 Å². The summed E-state index contributed by atoms with van der Waals surface area (Å²) in [5, 5.41) is 6.54. The normalized spacial score (nSPS) is 22.0. The van der Waals surface area contributed by atoms with Crippen LogP contribution >= 0.6 is 15.9 Å². The number of aryl methyl sites for hydroxylation is 2. The third kappa shape index (κ3) is 3.07. The predicted molar refractivity (Wildman–Crippen MR) is 87.1 cm³/mol. The van der Waals surface area contributed by atoms with Gasteiger partial charge in [0.15, 0.2) is 0 Å². The van der Waals surface area contributed by atoms with Crippen molar-refractivity contribution < 1.29 is 4.79 Å². The summed E-state index contributed by atoms with van der Waals surface area (Å²) in [6.07, 6.45) is 3.90. The van der Waals surface area contributed by atoms with Crippen molar-refractivity contribution in [1.29, 1.82) is 0 Å². The Hall–Kier alpha value is -0.870. The lowest BCUT2D eigenvalue weighted by atomic mass is 9.90. The molecule has 1 saturated heterocycles. The van der Waals surface area contributed by atoms with Crippen molar-refractivity contribution in [2.45, 2.75) is 52.0 Å². The van der Waals surface area contributed by atoms with Crippen molar-refractivity contribution in [3.8, 4) is 0 Å². The van der Waals surface area contributed by atoms with Crippen molar-refractivity contribution >= 4 is 27.5 Å². The summed E-state index contributed by atoms with van der Waals surface area (Å²) in [6, 6.07) is 4.13. The highest BCUT2D eigenvalue weighted by molar-refractivity contribution is 9.10. The Balaban J connectivity index is 2.23. The molecule has 4 heteroatoms. The molecule has 20 heavy (non-hydrogen) atoms. The van der Waals surface area contributed by atoms with Crippen molar-refractivity contribution in [1.82, 2.24) is 5.32 Å². The van der Waals surface area contributed by atoms with Crippen LogP contribution in [0.2, 0.25) is 0 Å². The molecule has 0 radical (unpaired) electrons. The lowest BCUT2D eigenvalue weighted by molar-refractivity contribution is -0.122. The van der Waals surface area contributed by atoms with Gasteiger partial charge in [-0.2, -0.15) is 0 Å². The summed E-state index contributed by atoms with van der Waals surface area (Å²) in [6.45, 7) is 7.14. The van der Waals surface area contributed by atoms with Crippen LogP contribution in [0.1, 0.15) is 43.7 Å². The van der Waals surface area contributed by atoms with Gasteiger partial charge < -0.3 is 10.6 Å². The molecule has 110 valence electrons. The summed E-state index contributed by atoms with van der Waals surface area (Å²) in [5.41, 5.74) is 2.79. The molecule has 1 amide bonds. The number of amides is 1. The van der Waals surface area contributed by atoms with E-state index in [1.165, 1.54) is 5.56 Å². The average Bonchev–Trinajstić information content (AvgIpc) is 2.83. The first-order valence-corrected chi connectivity index (χ1v) is 8.11. The standard InChI is InChI=1S/C16H23BrN2O/c1-4-6-16(7-5-8-18-16)15(20)19-14-12(3)9-11(2)10-13(14)17/h9-10,18H,4-8H2,1-3H3,(H,19,20). The Kier molecular flexibility index (Phi) is 4.86. The fraction of sp³-hybridized carbons (Fsp3) is 0.562. The summed E-state index contributed by atoms with van der Waals surface area (Å²) in [7, 11) is 0. The van der Waals surface area contributed by atoms with E-state index in [9.17, 15) is 4.79 Å². The molecule has 1 fully saturated rings. The molecule has 1 heterocycles. The van der Waals surface area contributed by atoms with Gasteiger partial charge in [0.25, 0.3) is 0 Å². The van der Waals surface area contributed by atoms with Crippen molar-refractivity contribution in [3.63, 3.8) is 0 Å². The van der Waals surface area contributed by atoms with Gasteiger partial charge in [-0.3, -0.25) is 4.79 Å². The number of benzene rings is 1. The predicted octanol–water partition coefficient (Wildman–Crippen LogP) is 3.93. The minimum absolute atomic E-state index is 0.101. The first kappa shape index (κ1) is 15.5. The number of nitrogens with one attached hydrogen (secondary N) is 2. The fourth-order valence-corrected chi connectivity index (χ4v) is 3.83. The molecule has 0 bridgehead atoms. The molecule has 1 aliphatic rings. The Morgan fingerprint density at radius 1 is 1.45 bits per heavy atom. The maximum atomic E-state index is 12.7. The Morgan fingerprint density at radius 2 is 2.20 bits per heavy atom. The molecule has 2 N–H and O–H groups in total. The van der Waals surface area contributed by atoms with E-state index in [4.69, 9.17) is 0 Å². The zero-order valence-electron chi connectivity index (χ0n) is 12.5. The third-order valence-corrected chi connectivity index (χ3v) is 4.65. The van der Waals surface area contributed by atoms with Crippen LogP contribution in [0, 0.1) is 13.8 Å². The molecule has 1 unspecified atom stereocenters. The summed E-state index contributed by atoms with van der Waals surface area (Å²) < 4.78 is 0.952. The Bertz CT molecular complexity index is 484. The van der Waals surface area contributed by atoms with Gasteiger partial charge in [-0.25, -0.2) is 0 Å². The number of carbonyl (C=O) groups excluding carboxylic acids is 1. The number of rotatable bonds is 4. The van der Waals surface area contributed by atoms with Crippen LogP contribution in [-0.2, 0) is 4.79 Å². The zero-order chi connectivity index (χ0) is 14.8. The topological polar surface area (TPSA) is 41.1 Å². The molecule has 1 aromatic rings. The lowest BCUT2D eigenvalue weighted by Crippen LogP contribution is -2.50. The quantitative estimate of drug-likeness (QED) is 0.873. The lowest BCUT2D eigenvalue weighted by Gasteiger charge is -2.28. The van der Waals surface area contributed by atoms with Gasteiger partial charge in [0.2, 0.25) is 5.91 Å². The number of hydrogen-bond acceptors (Lipinski definition) is 2.